The highest BCUT2D eigenvalue weighted by molar-refractivity contribution is 5.72. The fraction of sp³-hybridized carbons (Fsp3) is 0.308. The summed E-state index contributed by atoms with van der Waals surface area (Å²) in [4.78, 5) is 10.6. The molecule has 0 aliphatic heterocycles. The lowest BCUT2D eigenvalue weighted by molar-refractivity contribution is -0.137. The molecule has 3 nitrogen and oxygen atoms in total. The molecule has 1 amide bonds. The average Bonchev–Trinajstić information content (AvgIpc) is 2.26. The first-order valence-electron chi connectivity index (χ1n) is 5.50. The van der Waals surface area contributed by atoms with Gasteiger partial charge in [0.15, 0.2) is 0 Å². The van der Waals surface area contributed by atoms with Crippen LogP contribution in [0.5, 0.6) is 0 Å². The van der Waals surface area contributed by atoms with Gasteiger partial charge in [0, 0.05) is 31.1 Å². The van der Waals surface area contributed by atoms with E-state index in [4.69, 9.17) is 5.73 Å². The predicted molar refractivity (Wildman–Crippen MR) is 66.0 cm³/mol. The molecule has 0 unspecified atom stereocenters. The van der Waals surface area contributed by atoms with Crippen molar-refractivity contribution in [3.05, 3.63) is 29.3 Å². The second-order valence-corrected chi connectivity index (χ2v) is 3.88. The number of anilines is 1. The van der Waals surface area contributed by atoms with Crippen molar-refractivity contribution >= 4 is 11.6 Å². The van der Waals surface area contributed by atoms with E-state index < -0.39 is 11.7 Å². The first kappa shape index (κ1) is 14.9. The number of nitrogen functional groups attached to an aromatic ring is 1. The molecule has 1 aromatic rings. The Balaban J connectivity index is 2.77. The van der Waals surface area contributed by atoms with E-state index in [0.29, 0.717) is 13.0 Å². The van der Waals surface area contributed by atoms with Crippen LogP contribution in [0.4, 0.5) is 18.9 Å². The molecular formula is C13H13F3N2O. The van der Waals surface area contributed by atoms with Crippen molar-refractivity contribution in [1.82, 2.24) is 5.32 Å². The van der Waals surface area contributed by atoms with E-state index in [0.717, 1.165) is 12.1 Å². The molecule has 0 spiro atoms. The van der Waals surface area contributed by atoms with Gasteiger partial charge in [0.2, 0.25) is 5.91 Å². The zero-order valence-corrected chi connectivity index (χ0v) is 10.3. The number of amides is 1. The maximum absolute atomic E-state index is 12.5. The quantitative estimate of drug-likeness (QED) is 0.491. The maximum Gasteiger partial charge on any atom is 0.416 e. The largest absolute Gasteiger partial charge is 0.416 e. The number of benzene rings is 1. The van der Waals surface area contributed by atoms with Crippen LogP contribution in [0.25, 0.3) is 0 Å². The Morgan fingerprint density at radius 3 is 2.63 bits per heavy atom. The summed E-state index contributed by atoms with van der Waals surface area (Å²) in [5.74, 6) is 5.09. The van der Waals surface area contributed by atoms with Gasteiger partial charge in [-0.05, 0) is 18.2 Å². The molecule has 0 aromatic heterocycles. The SMILES string of the molecule is CC(=O)NCCC#Cc1cc(N)cc(C(F)(F)F)c1. The summed E-state index contributed by atoms with van der Waals surface area (Å²) in [6, 6.07) is 3.19. The van der Waals surface area contributed by atoms with Crippen molar-refractivity contribution in [2.24, 2.45) is 0 Å². The second kappa shape index (κ2) is 6.14. The number of carbonyl (C=O) groups is 1. The van der Waals surface area contributed by atoms with Crippen molar-refractivity contribution in [3.63, 3.8) is 0 Å². The zero-order chi connectivity index (χ0) is 14.5. The van der Waals surface area contributed by atoms with Crippen molar-refractivity contribution < 1.29 is 18.0 Å². The molecule has 1 aromatic carbocycles. The fourth-order valence-corrected chi connectivity index (χ4v) is 1.35. The number of hydrogen-bond acceptors (Lipinski definition) is 2. The van der Waals surface area contributed by atoms with E-state index >= 15 is 0 Å². The van der Waals surface area contributed by atoms with Gasteiger partial charge in [-0.1, -0.05) is 11.8 Å². The standard InChI is InChI=1S/C13H13F3N2O/c1-9(19)18-5-3-2-4-10-6-11(13(14,15)16)8-12(17)7-10/h6-8H,3,5,17H2,1H3,(H,18,19). The minimum absolute atomic E-state index is 0.0148. The van der Waals surface area contributed by atoms with Crippen molar-refractivity contribution in [3.8, 4) is 11.8 Å². The summed E-state index contributed by atoms with van der Waals surface area (Å²) in [7, 11) is 0. The Bertz CT molecular complexity index is 527. The van der Waals surface area contributed by atoms with E-state index in [1.54, 1.807) is 0 Å². The first-order chi connectivity index (χ1) is 8.79. The number of hydrogen-bond donors (Lipinski definition) is 2. The molecule has 0 saturated carbocycles. The van der Waals surface area contributed by atoms with Crippen LogP contribution in [0.2, 0.25) is 0 Å². The Hall–Kier alpha value is -2.16. The summed E-state index contributed by atoms with van der Waals surface area (Å²) >= 11 is 0. The Morgan fingerprint density at radius 1 is 1.37 bits per heavy atom. The normalized spacial score (nSPS) is 10.5. The van der Waals surface area contributed by atoms with Gasteiger partial charge in [-0.2, -0.15) is 13.2 Å². The van der Waals surface area contributed by atoms with E-state index in [9.17, 15) is 18.0 Å². The van der Waals surface area contributed by atoms with Crippen molar-refractivity contribution in [2.75, 3.05) is 12.3 Å². The highest BCUT2D eigenvalue weighted by atomic mass is 19.4. The second-order valence-electron chi connectivity index (χ2n) is 3.88. The lowest BCUT2D eigenvalue weighted by Gasteiger charge is -2.07. The van der Waals surface area contributed by atoms with Gasteiger partial charge >= 0.3 is 6.18 Å². The van der Waals surface area contributed by atoms with Crippen LogP contribution in [0.1, 0.15) is 24.5 Å². The van der Waals surface area contributed by atoms with E-state index in [-0.39, 0.29) is 17.2 Å². The molecule has 0 aliphatic carbocycles. The molecule has 1 rings (SSSR count). The van der Waals surface area contributed by atoms with Crippen molar-refractivity contribution in [2.45, 2.75) is 19.5 Å². The summed E-state index contributed by atoms with van der Waals surface area (Å²) in [5.41, 5.74) is 4.80. The number of nitrogens with two attached hydrogens (primary N) is 1. The van der Waals surface area contributed by atoms with Crippen LogP contribution >= 0.6 is 0 Å². The molecule has 0 bridgehead atoms. The molecule has 0 atom stereocenters. The Morgan fingerprint density at radius 2 is 2.05 bits per heavy atom. The molecule has 0 aliphatic rings. The molecule has 0 fully saturated rings. The van der Waals surface area contributed by atoms with Crippen LogP contribution in [0.3, 0.4) is 0 Å². The molecule has 0 saturated heterocycles. The van der Waals surface area contributed by atoms with Crippen LogP contribution in [0, 0.1) is 11.8 Å². The molecule has 3 N–H and O–H groups in total. The van der Waals surface area contributed by atoms with Gasteiger partial charge in [-0.3, -0.25) is 4.79 Å². The van der Waals surface area contributed by atoms with Gasteiger partial charge in [-0.15, -0.1) is 0 Å². The van der Waals surface area contributed by atoms with Gasteiger partial charge in [0.25, 0.3) is 0 Å². The third-order valence-electron chi connectivity index (χ3n) is 2.14. The number of rotatable bonds is 2. The van der Waals surface area contributed by atoms with Gasteiger partial charge in [0.05, 0.1) is 5.56 Å². The number of halogens is 3. The molecule has 0 heterocycles. The maximum atomic E-state index is 12.5. The number of alkyl halides is 3. The third-order valence-corrected chi connectivity index (χ3v) is 2.14. The molecule has 0 radical (unpaired) electrons. The third kappa shape index (κ3) is 5.34. The van der Waals surface area contributed by atoms with Gasteiger partial charge in [0.1, 0.15) is 0 Å². The lowest BCUT2D eigenvalue weighted by Crippen LogP contribution is -2.20. The van der Waals surface area contributed by atoms with E-state index in [2.05, 4.69) is 17.2 Å². The van der Waals surface area contributed by atoms with Crippen LogP contribution in [-0.4, -0.2) is 12.5 Å². The van der Waals surface area contributed by atoms with Crippen LogP contribution in [0.15, 0.2) is 18.2 Å². The summed E-state index contributed by atoms with van der Waals surface area (Å²) in [5, 5.41) is 2.53. The topological polar surface area (TPSA) is 55.1 Å². The smallest absolute Gasteiger partial charge is 0.399 e. The van der Waals surface area contributed by atoms with Gasteiger partial charge in [-0.25, -0.2) is 0 Å². The Kier molecular flexibility index (Phi) is 4.81. The van der Waals surface area contributed by atoms with Crippen LogP contribution in [-0.2, 0) is 11.0 Å². The monoisotopic (exact) mass is 270 g/mol. The highest BCUT2D eigenvalue weighted by Gasteiger charge is 2.30. The summed E-state index contributed by atoms with van der Waals surface area (Å²) in [6.07, 6.45) is -4.09. The summed E-state index contributed by atoms with van der Waals surface area (Å²) < 4.78 is 37.6. The fourth-order valence-electron chi connectivity index (χ4n) is 1.35. The highest BCUT2D eigenvalue weighted by Crippen LogP contribution is 2.31. The molecule has 6 heteroatoms. The molecule has 19 heavy (non-hydrogen) atoms. The molecule has 102 valence electrons. The lowest BCUT2D eigenvalue weighted by atomic mass is 10.1. The first-order valence-corrected chi connectivity index (χ1v) is 5.50. The number of nitrogens with one attached hydrogen (secondary N) is 1. The number of carbonyl (C=O) groups excluding carboxylic acids is 1. The zero-order valence-electron chi connectivity index (χ0n) is 10.3. The van der Waals surface area contributed by atoms with Crippen molar-refractivity contribution in [1.29, 1.82) is 0 Å². The van der Waals surface area contributed by atoms with Gasteiger partial charge < -0.3 is 11.1 Å². The van der Waals surface area contributed by atoms with E-state index in [1.165, 1.54) is 13.0 Å². The minimum Gasteiger partial charge on any atom is -0.399 e. The van der Waals surface area contributed by atoms with Crippen LogP contribution < -0.4 is 11.1 Å². The molecular weight excluding hydrogens is 257 g/mol. The Labute approximate surface area is 109 Å². The minimum atomic E-state index is -4.44. The predicted octanol–water partition coefficient (Wildman–Crippen LogP) is 2.17. The van der Waals surface area contributed by atoms with E-state index in [1.807, 2.05) is 0 Å². The summed E-state index contributed by atoms with van der Waals surface area (Å²) in [6.45, 7) is 1.73. The average molecular weight is 270 g/mol.